The Kier molecular flexibility index (Phi) is 5.76. The summed E-state index contributed by atoms with van der Waals surface area (Å²) in [6.07, 6.45) is 0.721. The van der Waals surface area contributed by atoms with Crippen LogP contribution in [-0.2, 0) is 13.0 Å². The van der Waals surface area contributed by atoms with E-state index in [0.717, 1.165) is 27.6 Å². The van der Waals surface area contributed by atoms with E-state index in [1.807, 2.05) is 42.5 Å². The number of rotatable bonds is 5. The van der Waals surface area contributed by atoms with Gasteiger partial charge in [-0.2, -0.15) is 0 Å². The van der Waals surface area contributed by atoms with E-state index in [1.54, 1.807) is 37.6 Å². The molecule has 156 valence electrons. The lowest BCUT2D eigenvalue weighted by Gasteiger charge is -2.26. The molecule has 0 radical (unpaired) electrons. The van der Waals surface area contributed by atoms with Gasteiger partial charge in [-0.25, -0.2) is 9.78 Å². The summed E-state index contributed by atoms with van der Waals surface area (Å²) in [4.78, 5) is 20.5. The molecular formula is C22H23N3O4S. The molecule has 1 N–H and O–H groups in total. The molecule has 0 fully saturated rings. The van der Waals surface area contributed by atoms with Gasteiger partial charge in [-0.05, 0) is 30.3 Å². The highest BCUT2D eigenvalue weighted by atomic mass is 32.1. The number of amides is 2. The molecule has 1 aliphatic rings. The fourth-order valence-electron chi connectivity index (χ4n) is 3.40. The summed E-state index contributed by atoms with van der Waals surface area (Å²) in [6, 6.07) is 13.0. The number of aromatic nitrogens is 1. The highest BCUT2D eigenvalue weighted by molar-refractivity contribution is 7.15. The van der Waals surface area contributed by atoms with Crippen LogP contribution < -0.4 is 19.5 Å². The Morgan fingerprint density at radius 1 is 1.03 bits per heavy atom. The van der Waals surface area contributed by atoms with Crippen LogP contribution in [0.15, 0.2) is 42.5 Å². The van der Waals surface area contributed by atoms with E-state index < -0.39 is 0 Å². The predicted molar refractivity (Wildman–Crippen MR) is 117 cm³/mol. The molecule has 30 heavy (non-hydrogen) atoms. The van der Waals surface area contributed by atoms with Gasteiger partial charge in [0.05, 0.1) is 39.3 Å². The highest BCUT2D eigenvalue weighted by Crippen LogP contribution is 2.36. The number of para-hydroxylation sites is 2. The zero-order valence-corrected chi connectivity index (χ0v) is 17.9. The van der Waals surface area contributed by atoms with Gasteiger partial charge in [0.2, 0.25) is 0 Å². The van der Waals surface area contributed by atoms with Crippen LogP contribution in [0.5, 0.6) is 17.2 Å². The number of carbonyl (C=O) groups is 1. The summed E-state index contributed by atoms with van der Waals surface area (Å²) in [5.74, 6) is 1.99. The van der Waals surface area contributed by atoms with Gasteiger partial charge in [0.15, 0.2) is 11.5 Å². The van der Waals surface area contributed by atoms with E-state index >= 15 is 0 Å². The molecule has 7 nitrogen and oxygen atoms in total. The van der Waals surface area contributed by atoms with Crippen molar-refractivity contribution in [3.05, 3.63) is 53.0 Å². The number of fused-ring (bicyclic) bond motifs is 1. The summed E-state index contributed by atoms with van der Waals surface area (Å²) >= 11 is 1.60. The molecule has 4 rings (SSSR count). The van der Waals surface area contributed by atoms with E-state index in [2.05, 4.69) is 5.32 Å². The average molecular weight is 426 g/mol. The third-order valence-electron chi connectivity index (χ3n) is 5.00. The summed E-state index contributed by atoms with van der Waals surface area (Å²) in [6.45, 7) is 1.14. The van der Waals surface area contributed by atoms with Gasteiger partial charge in [0.1, 0.15) is 10.8 Å². The third-order valence-corrected chi connectivity index (χ3v) is 6.13. The second-order valence-corrected chi connectivity index (χ2v) is 7.84. The molecular weight excluding hydrogens is 402 g/mol. The molecule has 0 spiro atoms. The first-order valence-electron chi connectivity index (χ1n) is 9.53. The van der Waals surface area contributed by atoms with Gasteiger partial charge in [-0.3, -0.25) is 0 Å². The minimum Gasteiger partial charge on any atom is -0.495 e. The van der Waals surface area contributed by atoms with Crippen molar-refractivity contribution in [2.24, 2.45) is 0 Å². The molecule has 1 aromatic heterocycles. The molecule has 1 aliphatic heterocycles. The number of thiazole rings is 1. The van der Waals surface area contributed by atoms with E-state index in [0.29, 0.717) is 36.0 Å². The van der Waals surface area contributed by atoms with Crippen molar-refractivity contribution in [2.75, 3.05) is 33.2 Å². The summed E-state index contributed by atoms with van der Waals surface area (Å²) in [7, 11) is 4.82. The second-order valence-electron chi connectivity index (χ2n) is 6.76. The summed E-state index contributed by atoms with van der Waals surface area (Å²) in [5, 5.41) is 3.85. The van der Waals surface area contributed by atoms with E-state index in [4.69, 9.17) is 19.2 Å². The van der Waals surface area contributed by atoms with Crippen molar-refractivity contribution in [1.82, 2.24) is 9.88 Å². The average Bonchev–Trinajstić information content (AvgIpc) is 3.22. The maximum atomic E-state index is 12.8. The zero-order chi connectivity index (χ0) is 21.1. The van der Waals surface area contributed by atoms with Crippen molar-refractivity contribution in [3.63, 3.8) is 0 Å². The Morgan fingerprint density at radius 3 is 2.57 bits per heavy atom. The molecule has 0 aliphatic carbocycles. The van der Waals surface area contributed by atoms with Gasteiger partial charge in [0, 0.05) is 23.4 Å². The fraction of sp³-hybridized carbons (Fsp3) is 0.273. The van der Waals surface area contributed by atoms with Crippen LogP contribution >= 0.6 is 11.3 Å². The lowest BCUT2D eigenvalue weighted by Crippen LogP contribution is -2.38. The smallest absolute Gasteiger partial charge is 0.322 e. The van der Waals surface area contributed by atoms with Gasteiger partial charge < -0.3 is 24.4 Å². The first-order valence-corrected chi connectivity index (χ1v) is 10.3. The Labute approximate surface area is 179 Å². The topological polar surface area (TPSA) is 72.9 Å². The SMILES string of the molecule is COc1ccccc1NC(=O)N1CCc2nc(-c3ccc(OC)c(OC)c3)sc2C1. The molecule has 2 aromatic carbocycles. The molecule has 0 atom stereocenters. The number of urea groups is 1. The van der Waals surface area contributed by atoms with E-state index in [1.165, 1.54) is 0 Å². The van der Waals surface area contributed by atoms with Gasteiger partial charge in [-0.1, -0.05) is 12.1 Å². The molecule has 0 saturated carbocycles. The maximum Gasteiger partial charge on any atom is 0.322 e. The Bertz CT molecular complexity index is 1070. The quantitative estimate of drug-likeness (QED) is 0.655. The first kappa shape index (κ1) is 20.0. The monoisotopic (exact) mass is 425 g/mol. The largest absolute Gasteiger partial charge is 0.495 e. The molecule has 2 amide bonds. The fourth-order valence-corrected chi connectivity index (χ4v) is 4.52. The lowest BCUT2D eigenvalue weighted by atomic mass is 10.1. The van der Waals surface area contributed by atoms with Crippen LogP contribution in [0.25, 0.3) is 10.6 Å². The van der Waals surface area contributed by atoms with Crippen molar-refractivity contribution in [2.45, 2.75) is 13.0 Å². The van der Waals surface area contributed by atoms with Crippen molar-refractivity contribution in [3.8, 4) is 27.8 Å². The van der Waals surface area contributed by atoms with E-state index in [9.17, 15) is 4.79 Å². The second kappa shape index (κ2) is 8.62. The van der Waals surface area contributed by atoms with Crippen LogP contribution in [0, 0.1) is 0 Å². The Balaban J connectivity index is 1.51. The molecule has 3 aromatic rings. The summed E-state index contributed by atoms with van der Waals surface area (Å²) < 4.78 is 16.0. The zero-order valence-electron chi connectivity index (χ0n) is 17.1. The number of anilines is 1. The minimum atomic E-state index is -0.147. The molecule has 0 unspecified atom stereocenters. The number of carbonyl (C=O) groups excluding carboxylic acids is 1. The third kappa shape index (κ3) is 3.91. The normalized spacial score (nSPS) is 12.8. The predicted octanol–water partition coefficient (Wildman–Crippen LogP) is 4.43. The number of hydrogen-bond donors (Lipinski definition) is 1. The first-order chi connectivity index (χ1) is 14.6. The maximum absolute atomic E-state index is 12.8. The highest BCUT2D eigenvalue weighted by Gasteiger charge is 2.25. The molecule has 2 heterocycles. The van der Waals surface area contributed by atoms with Crippen LogP contribution in [0.4, 0.5) is 10.5 Å². The molecule has 0 bridgehead atoms. The number of hydrogen-bond acceptors (Lipinski definition) is 6. The number of ether oxygens (including phenoxy) is 3. The van der Waals surface area contributed by atoms with E-state index in [-0.39, 0.29) is 6.03 Å². The Hall–Kier alpha value is -3.26. The van der Waals surface area contributed by atoms with Gasteiger partial charge >= 0.3 is 6.03 Å². The number of nitrogens with zero attached hydrogens (tertiary/aromatic N) is 2. The number of methoxy groups -OCH3 is 3. The van der Waals surface area contributed by atoms with Crippen LogP contribution in [-0.4, -0.2) is 43.8 Å². The Morgan fingerprint density at radius 2 is 1.80 bits per heavy atom. The lowest BCUT2D eigenvalue weighted by molar-refractivity contribution is 0.206. The molecule has 0 saturated heterocycles. The standard InChI is InChI=1S/C22H23N3O4S/c1-27-17-7-5-4-6-15(17)24-22(26)25-11-10-16-20(13-25)30-21(23-16)14-8-9-18(28-2)19(12-14)29-3/h4-9,12H,10-11,13H2,1-3H3,(H,24,26). The van der Waals surface area contributed by atoms with Crippen LogP contribution in [0.1, 0.15) is 10.6 Å². The van der Waals surface area contributed by atoms with Gasteiger partial charge in [-0.15, -0.1) is 11.3 Å². The van der Waals surface area contributed by atoms with Crippen molar-refractivity contribution < 1.29 is 19.0 Å². The van der Waals surface area contributed by atoms with Gasteiger partial charge in [0.25, 0.3) is 0 Å². The van der Waals surface area contributed by atoms with Crippen molar-refractivity contribution in [1.29, 1.82) is 0 Å². The summed E-state index contributed by atoms with van der Waals surface area (Å²) in [5.41, 5.74) is 2.68. The van der Waals surface area contributed by atoms with Crippen LogP contribution in [0.3, 0.4) is 0 Å². The van der Waals surface area contributed by atoms with Crippen LogP contribution in [0.2, 0.25) is 0 Å². The number of nitrogens with one attached hydrogen (secondary N) is 1. The number of benzene rings is 2. The van der Waals surface area contributed by atoms with Crippen molar-refractivity contribution >= 4 is 23.1 Å². The molecule has 8 heteroatoms. The minimum absolute atomic E-state index is 0.147.